The quantitative estimate of drug-likeness (QED) is 0.327. The van der Waals surface area contributed by atoms with E-state index in [1.165, 1.54) is 0 Å². The van der Waals surface area contributed by atoms with Crippen LogP contribution in [0, 0.1) is 17.6 Å². The van der Waals surface area contributed by atoms with Crippen LogP contribution in [-0.2, 0) is 0 Å². The molecule has 3 nitrogen and oxygen atoms in total. The molecule has 0 saturated heterocycles. The van der Waals surface area contributed by atoms with Gasteiger partial charge in [0.2, 0.25) is 5.92 Å². The van der Waals surface area contributed by atoms with E-state index in [1.807, 2.05) is 0 Å². The monoisotopic (exact) mass is 431 g/mol. The van der Waals surface area contributed by atoms with Crippen molar-refractivity contribution in [1.29, 1.82) is 0 Å². The lowest BCUT2D eigenvalue weighted by atomic mass is 9.87. The Morgan fingerprint density at radius 1 is 1.36 bits per heavy atom. The molecular weight excluding hydrogens is 413 g/mol. The largest absolute Gasteiger partial charge is 0.370 e. The molecule has 1 aromatic carbocycles. The molecule has 0 amide bonds. The van der Waals surface area contributed by atoms with Gasteiger partial charge < -0.3 is 11.1 Å². The minimum atomic E-state index is -2.64. The SMILES string of the molecule is I.NC(=NCC1CCCC(F)(F)C1)Nc1cc(F)ccc1F. The van der Waals surface area contributed by atoms with Crippen molar-refractivity contribution >= 4 is 35.6 Å². The van der Waals surface area contributed by atoms with Crippen molar-refractivity contribution in [3.05, 3.63) is 29.8 Å². The Morgan fingerprint density at radius 2 is 2.09 bits per heavy atom. The highest BCUT2D eigenvalue weighted by molar-refractivity contribution is 14.0. The van der Waals surface area contributed by atoms with Gasteiger partial charge in [0.25, 0.3) is 0 Å². The molecule has 8 heteroatoms. The number of aliphatic imine (C=N–C) groups is 1. The fraction of sp³-hybridized carbons (Fsp3) is 0.500. The van der Waals surface area contributed by atoms with Gasteiger partial charge >= 0.3 is 0 Å². The van der Waals surface area contributed by atoms with Crippen molar-refractivity contribution in [1.82, 2.24) is 0 Å². The predicted molar refractivity (Wildman–Crippen MR) is 88.8 cm³/mol. The molecular formula is C14H18F4IN3. The van der Waals surface area contributed by atoms with Crippen molar-refractivity contribution in [3.8, 4) is 0 Å². The molecule has 124 valence electrons. The molecule has 2 rings (SSSR count). The van der Waals surface area contributed by atoms with Crippen LogP contribution in [0.4, 0.5) is 23.2 Å². The summed E-state index contributed by atoms with van der Waals surface area (Å²) in [5.74, 6) is -4.29. The van der Waals surface area contributed by atoms with Gasteiger partial charge in [-0.3, -0.25) is 4.99 Å². The normalized spacial score (nSPS) is 21.1. The Hall–Kier alpha value is -1.06. The Labute approximate surface area is 143 Å². The maximum Gasteiger partial charge on any atom is 0.248 e. The molecule has 3 N–H and O–H groups in total. The first-order valence-corrected chi connectivity index (χ1v) is 6.75. The van der Waals surface area contributed by atoms with Crippen molar-refractivity contribution in [2.45, 2.75) is 31.6 Å². The van der Waals surface area contributed by atoms with E-state index in [2.05, 4.69) is 10.3 Å². The van der Waals surface area contributed by atoms with E-state index in [1.54, 1.807) is 0 Å². The summed E-state index contributed by atoms with van der Waals surface area (Å²) >= 11 is 0. The highest BCUT2D eigenvalue weighted by atomic mass is 127. The van der Waals surface area contributed by atoms with Gasteiger partial charge in [0.15, 0.2) is 5.96 Å². The fourth-order valence-electron chi connectivity index (χ4n) is 2.43. The van der Waals surface area contributed by atoms with Gasteiger partial charge in [-0.25, -0.2) is 17.6 Å². The minimum absolute atomic E-state index is 0. The van der Waals surface area contributed by atoms with Crippen LogP contribution < -0.4 is 11.1 Å². The Balaban J connectivity index is 0.00000242. The van der Waals surface area contributed by atoms with Gasteiger partial charge in [-0.05, 0) is 30.9 Å². The molecule has 0 aromatic heterocycles. The number of guanidine groups is 1. The van der Waals surface area contributed by atoms with E-state index in [0.717, 1.165) is 18.2 Å². The van der Waals surface area contributed by atoms with Crippen LogP contribution in [0.2, 0.25) is 0 Å². The van der Waals surface area contributed by atoms with Crippen molar-refractivity contribution < 1.29 is 17.6 Å². The van der Waals surface area contributed by atoms with Crippen LogP contribution in [0.5, 0.6) is 0 Å². The van der Waals surface area contributed by atoms with Gasteiger partial charge in [-0.1, -0.05) is 0 Å². The molecule has 0 heterocycles. The number of nitrogens with two attached hydrogens (primary N) is 1. The Morgan fingerprint density at radius 3 is 2.77 bits per heavy atom. The lowest BCUT2D eigenvalue weighted by molar-refractivity contribution is -0.0507. The smallest absolute Gasteiger partial charge is 0.248 e. The van der Waals surface area contributed by atoms with Crippen LogP contribution in [0.15, 0.2) is 23.2 Å². The number of alkyl halides is 2. The third-order valence-electron chi connectivity index (χ3n) is 3.45. The van der Waals surface area contributed by atoms with E-state index in [4.69, 9.17) is 5.73 Å². The van der Waals surface area contributed by atoms with Crippen LogP contribution in [0.3, 0.4) is 0 Å². The maximum atomic E-state index is 13.4. The summed E-state index contributed by atoms with van der Waals surface area (Å²) in [5.41, 5.74) is 5.44. The van der Waals surface area contributed by atoms with Crippen LogP contribution in [0.25, 0.3) is 0 Å². The number of benzene rings is 1. The molecule has 0 radical (unpaired) electrons. The van der Waals surface area contributed by atoms with Gasteiger partial charge in [0, 0.05) is 25.5 Å². The van der Waals surface area contributed by atoms with E-state index in [9.17, 15) is 17.6 Å². The summed E-state index contributed by atoms with van der Waals surface area (Å²) in [6.45, 7) is 0.144. The maximum absolute atomic E-state index is 13.4. The zero-order valence-electron chi connectivity index (χ0n) is 11.8. The van der Waals surface area contributed by atoms with E-state index in [0.29, 0.717) is 12.8 Å². The molecule has 1 atom stereocenters. The third-order valence-corrected chi connectivity index (χ3v) is 3.45. The first-order valence-electron chi connectivity index (χ1n) is 6.75. The summed E-state index contributed by atoms with van der Waals surface area (Å²) < 4.78 is 52.8. The number of nitrogens with one attached hydrogen (secondary N) is 1. The standard InChI is InChI=1S/C14H17F4N3.HI/c15-10-3-4-11(16)12(6-10)21-13(19)20-8-9-2-1-5-14(17,18)7-9;/h3-4,6,9H,1-2,5,7-8H2,(H3,19,20,21);1H. The van der Waals surface area contributed by atoms with E-state index >= 15 is 0 Å². The number of rotatable bonds is 3. The molecule has 1 unspecified atom stereocenters. The Bertz CT molecular complexity index is 537. The zero-order valence-corrected chi connectivity index (χ0v) is 14.1. The first kappa shape index (κ1) is 19.0. The topological polar surface area (TPSA) is 50.4 Å². The molecule has 1 fully saturated rings. The number of halogens is 5. The second kappa shape index (κ2) is 7.98. The van der Waals surface area contributed by atoms with Crippen molar-refractivity contribution in [3.63, 3.8) is 0 Å². The molecule has 1 aliphatic carbocycles. The average Bonchev–Trinajstić information content (AvgIpc) is 2.40. The van der Waals surface area contributed by atoms with Gasteiger partial charge in [0.05, 0.1) is 5.69 Å². The molecule has 0 spiro atoms. The number of hydrogen-bond acceptors (Lipinski definition) is 1. The molecule has 0 bridgehead atoms. The molecule has 1 saturated carbocycles. The Kier molecular flexibility index (Phi) is 6.89. The van der Waals surface area contributed by atoms with Crippen LogP contribution >= 0.6 is 24.0 Å². The predicted octanol–water partition coefficient (Wildman–Crippen LogP) is 4.13. The van der Waals surface area contributed by atoms with Crippen molar-refractivity contribution in [2.75, 3.05) is 11.9 Å². The molecule has 22 heavy (non-hydrogen) atoms. The minimum Gasteiger partial charge on any atom is -0.370 e. The summed E-state index contributed by atoms with van der Waals surface area (Å²) in [6, 6.07) is 2.90. The molecule has 1 aromatic rings. The zero-order chi connectivity index (χ0) is 15.5. The van der Waals surface area contributed by atoms with Crippen LogP contribution in [-0.4, -0.2) is 18.4 Å². The third kappa shape index (κ3) is 5.62. The summed E-state index contributed by atoms with van der Waals surface area (Å²) in [5, 5.41) is 2.44. The second-order valence-electron chi connectivity index (χ2n) is 5.29. The summed E-state index contributed by atoms with van der Waals surface area (Å²) in [6.07, 6.45) is 0.827. The number of anilines is 1. The number of nitrogens with zero attached hydrogens (tertiary/aromatic N) is 1. The van der Waals surface area contributed by atoms with Gasteiger partial charge in [-0.15, -0.1) is 24.0 Å². The fourth-order valence-corrected chi connectivity index (χ4v) is 2.43. The molecule has 1 aliphatic rings. The van der Waals surface area contributed by atoms with Gasteiger partial charge in [0.1, 0.15) is 11.6 Å². The summed E-state index contributed by atoms with van der Waals surface area (Å²) in [4.78, 5) is 3.94. The lowest BCUT2D eigenvalue weighted by Gasteiger charge is -2.27. The second-order valence-corrected chi connectivity index (χ2v) is 5.29. The highest BCUT2D eigenvalue weighted by Gasteiger charge is 2.35. The molecule has 0 aliphatic heterocycles. The van der Waals surface area contributed by atoms with E-state index < -0.39 is 17.6 Å². The average molecular weight is 431 g/mol. The van der Waals surface area contributed by atoms with E-state index in [-0.39, 0.29) is 60.9 Å². The van der Waals surface area contributed by atoms with Crippen LogP contribution in [0.1, 0.15) is 25.7 Å². The highest BCUT2D eigenvalue weighted by Crippen LogP contribution is 2.36. The van der Waals surface area contributed by atoms with Crippen molar-refractivity contribution in [2.24, 2.45) is 16.6 Å². The first-order chi connectivity index (χ1) is 9.85. The summed E-state index contributed by atoms with van der Waals surface area (Å²) in [7, 11) is 0. The lowest BCUT2D eigenvalue weighted by Crippen LogP contribution is -2.29. The van der Waals surface area contributed by atoms with Gasteiger partial charge in [-0.2, -0.15) is 0 Å². The number of hydrogen-bond donors (Lipinski definition) is 2.